The highest BCUT2D eigenvalue weighted by Gasteiger charge is 2.44. The number of primary amides is 2. The van der Waals surface area contributed by atoms with Crippen LogP contribution in [0.15, 0.2) is 12.3 Å². The van der Waals surface area contributed by atoms with Crippen molar-refractivity contribution in [3.63, 3.8) is 0 Å². The van der Waals surface area contributed by atoms with E-state index in [4.69, 9.17) is 11.5 Å². The van der Waals surface area contributed by atoms with Crippen LogP contribution in [0.4, 0.5) is 5.69 Å². The standard InChI is InChI=1S/C40H59N9O11/c1-40(2,3)31(47-35(54)25(17-18-28(50)32(41)51)44-34(53)24-20-27(49(59)60)36(55)43-21-24)39(58)48-19-11-10-16-26(48)37(56)46-30(23-14-8-5-9-15-23)38(57)45-29(33(42)52)22-12-6-4-7-13-22/h20-23,25-26,29-31H,4-19H2,1-3H3,(H2,41,51)(H2,42,52)(H,43,55)(H,44,53)(H,45,57)(H,46,56)(H,47,54)/t25?,26-,29?,30?,31?/m1/s1. The molecule has 0 aromatic carbocycles. The molecule has 2 aliphatic carbocycles. The summed E-state index contributed by atoms with van der Waals surface area (Å²) in [5, 5.41) is 31.9. The molecule has 1 saturated heterocycles. The fourth-order valence-corrected chi connectivity index (χ4v) is 8.39. The van der Waals surface area contributed by atoms with Crippen LogP contribution in [0.3, 0.4) is 0 Å². The molecular formula is C40H59N9O11. The summed E-state index contributed by atoms with van der Waals surface area (Å²) in [6.45, 7) is 5.16. The summed E-state index contributed by atoms with van der Waals surface area (Å²) < 4.78 is 0. The highest BCUT2D eigenvalue weighted by Crippen LogP contribution is 2.31. The summed E-state index contributed by atoms with van der Waals surface area (Å²) in [6.07, 6.45) is 9.60. The zero-order valence-corrected chi connectivity index (χ0v) is 34.5. The molecule has 3 aliphatic rings. The Morgan fingerprint density at radius 2 is 1.42 bits per heavy atom. The lowest BCUT2D eigenvalue weighted by Crippen LogP contribution is -2.64. The third-order valence-corrected chi connectivity index (χ3v) is 11.8. The predicted octanol–water partition coefficient (Wildman–Crippen LogP) is 1.16. The Bertz CT molecular complexity index is 1800. The van der Waals surface area contributed by atoms with Crippen molar-refractivity contribution in [2.75, 3.05) is 6.54 Å². The molecule has 1 aliphatic heterocycles. The summed E-state index contributed by atoms with van der Waals surface area (Å²) in [4.78, 5) is 122. The maximum atomic E-state index is 14.6. The number of nitrogens with two attached hydrogens (primary N) is 2. The molecule has 5 atom stereocenters. The van der Waals surface area contributed by atoms with E-state index in [1.807, 2.05) is 0 Å². The first kappa shape index (κ1) is 47.0. The number of ketones is 1. The number of nitro groups is 1. The van der Waals surface area contributed by atoms with Gasteiger partial charge in [-0.05, 0) is 68.6 Å². The van der Waals surface area contributed by atoms with E-state index in [0.29, 0.717) is 25.7 Å². The second-order valence-corrected chi connectivity index (χ2v) is 17.2. The van der Waals surface area contributed by atoms with E-state index in [1.165, 1.54) is 4.90 Å². The predicted molar refractivity (Wildman–Crippen MR) is 214 cm³/mol. The molecule has 2 heterocycles. The maximum Gasteiger partial charge on any atom is 0.331 e. The van der Waals surface area contributed by atoms with Gasteiger partial charge in [0.05, 0.1) is 10.5 Å². The number of piperidine rings is 1. The van der Waals surface area contributed by atoms with E-state index in [-0.39, 0.29) is 24.8 Å². The van der Waals surface area contributed by atoms with E-state index in [0.717, 1.165) is 63.6 Å². The fraction of sp³-hybridized carbons (Fsp3) is 0.675. The van der Waals surface area contributed by atoms with Gasteiger partial charge in [0.2, 0.25) is 35.3 Å². The van der Waals surface area contributed by atoms with Crippen molar-refractivity contribution >= 4 is 52.8 Å². The van der Waals surface area contributed by atoms with Crippen LogP contribution in [0, 0.1) is 27.4 Å². The molecular weight excluding hydrogens is 782 g/mol. The Morgan fingerprint density at radius 3 is 1.97 bits per heavy atom. The van der Waals surface area contributed by atoms with E-state index in [9.17, 15) is 53.6 Å². The Labute approximate surface area is 348 Å². The molecule has 330 valence electrons. The number of nitrogens with one attached hydrogen (secondary N) is 4. The Morgan fingerprint density at radius 1 is 0.833 bits per heavy atom. The number of amides is 7. The normalized spacial score (nSPS) is 19.7. The molecule has 3 fully saturated rings. The average molecular weight is 842 g/mol. The van der Waals surface area contributed by atoms with Crippen molar-refractivity contribution in [1.82, 2.24) is 31.2 Å². The summed E-state index contributed by atoms with van der Waals surface area (Å²) in [7, 11) is 0. The van der Waals surface area contributed by atoms with E-state index in [2.05, 4.69) is 26.3 Å². The van der Waals surface area contributed by atoms with Gasteiger partial charge in [-0.1, -0.05) is 59.3 Å². The molecule has 1 aromatic rings. The monoisotopic (exact) mass is 841 g/mol. The minimum atomic E-state index is -1.58. The number of Topliss-reactive ketones (excluding diaryl/α,β-unsaturated/α-hetero) is 1. The number of aromatic nitrogens is 1. The Kier molecular flexibility index (Phi) is 16.5. The highest BCUT2D eigenvalue weighted by atomic mass is 16.6. The topological polar surface area (TPSA) is 316 Å². The number of hydrogen-bond acceptors (Lipinski definition) is 12. The first-order chi connectivity index (χ1) is 28.3. The minimum Gasteiger partial charge on any atom is -0.488 e. The van der Waals surface area contributed by atoms with Crippen molar-refractivity contribution in [3.05, 3.63) is 27.9 Å². The summed E-state index contributed by atoms with van der Waals surface area (Å²) in [5.74, 6) is -7.94. The number of carbonyl (C=O) groups excluding carboxylic acids is 8. The van der Waals surface area contributed by atoms with Crippen LogP contribution in [-0.4, -0.2) is 104 Å². The first-order valence-corrected chi connectivity index (χ1v) is 20.8. The van der Waals surface area contributed by atoms with Crippen LogP contribution in [0.2, 0.25) is 0 Å². The second-order valence-electron chi connectivity index (χ2n) is 17.2. The second kappa shape index (κ2) is 21.0. The molecule has 0 bridgehead atoms. The first-order valence-electron chi connectivity index (χ1n) is 20.8. The van der Waals surface area contributed by atoms with Gasteiger partial charge in [0.1, 0.15) is 30.2 Å². The molecule has 20 nitrogen and oxygen atoms in total. The molecule has 20 heteroatoms. The number of likely N-dealkylation sites (tertiary alicyclic amines) is 1. The van der Waals surface area contributed by atoms with Crippen molar-refractivity contribution in [2.24, 2.45) is 28.7 Å². The SMILES string of the molecule is CC(C)(C)C(NC(=O)C(CCC(=O)C(N)=O)NC(=O)c1cnc(O)c([N+](=O)[O-])c1)C(=O)N1CCCC[C@@H]1C(=O)NC(C(=O)NC(C(N)=O)C1CCCCC1)C1CCCCC1. The van der Waals surface area contributed by atoms with Crippen LogP contribution in [-0.2, 0) is 33.6 Å². The molecule has 9 N–H and O–H groups in total. The molecule has 0 radical (unpaired) electrons. The van der Waals surface area contributed by atoms with Crippen molar-refractivity contribution in [2.45, 2.75) is 147 Å². The van der Waals surface area contributed by atoms with Crippen molar-refractivity contribution < 1.29 is 48.4 Å². The summed E-state index contributed by atoms with van der Waals surface area (Å²) in [5.41, 5.74) is 8.60. The largest absolute Gasteiger partial charge is 0.488 e. The van der Waals surface area contributed by atoms with Crippen LogP contribution in [0.1, 0.15) is 127 Å². The van der Waals surface area contributed by atoms with Gasteiger partial charge in [0.25, 0.3) is 17.7 Å². The number of carbonyl (C=O) groups is 8. The third kappa shape index (κ3) is 12.4. The number of nitrogens with zero attached hydrogens (tertiary/aromatic N) is 3. The van der Waals surface area contributed by atoms with Gasteiger partial charge in [0.15, 0.2) is 0 Å². The Hall–Kier alpha value is -5.69. The lowest BCUT2D eigenvalue weighted by molar-refractivity contribution is -0.386. The van der Waals surface area contributed by atoms with Gasteiger partial charge in [-0.25, -0.2) is 4.98 Å². The van der Waals surface area contributed by atoms with E-state index >= 15 is 0 Å². The quantitative estimate of drug-likeness (QED) is 0.0660. The maximum absolute atomic E-state index is 14.6. The average Bonchev–Trinajstić information content (AvgIpc) is 3.21. The smallest absolute Gasteiger partial charge is 0.331 e. The Balaban J connectivity index is 1.57. The third-order valence-electron chi connectivity index (χ3n) is 11.8. The van der Waals surface area contributed by atoms with Gasteiger partial charge in [0, 0.05) is 25.2 Å². The van der Waals surface area contributed by atoms with Crippen molar-refractivity contribution in [3.8, 4) is 5.88 Å². The molecule has 60 heavy (non-hydrogen) atoms. The summed E-state index contributed by atoms with van der Waals surface area (Å²) in [6, 6.07) is -5.07. The minimum absolute atomic E-state index is 0.110. The van der Waals surface area contributed by atoms with Crippen LogP contribution < -0.4 is 32.7 Å². The lowest BCUT2D eigenvalue weighted by atomic mass is 9.81. The molecule has 4 unspecified atom stereocenters. The molecule has 1 aromatic heterocycles. The zero-order chi connectivity index (χ0) is 44.3. The molecule has 4 rings (SSSR count). The van der Waals surface area contributed by atoms with E-state index < -0.39 is 118 Å². The number of rotatable bonds is 17. The van der Waals surface area contributed by atoms with Crippen LogP contribution in [0.25, 0.3) is 0 Å². The number of aromatic hydroxyl groups is 1. The van der Waals surface area contributed by atoms with Crippen molar-refractivity contribution in [1.29, 1.82) is 0 Å². The highest BCUT2D eigenvalue weighted by molar-refractivity contribution is 6.35. The van der Waals surface area contributed by atoms with Crippen LogP contribution >= 0.6 is 0 Å². The molecule has 2 saturated carbocycles. The van der Waals surface area contributed by atoms with E-state index in [1.54, 1.807) is 20.8 Å². The van der Waals surface area contributed by atoms with Gasteiger partial charge >= 0.3 is 5.69 Å². The zero-order valence-electron chi connectivity index (χ0n) is 34.5. The van der Waals surface area contributed by atoms with Gasteiger partial charge in [-0.3, -0.25) is 48.5 Å². The molecule has 7 amide bonds. The number of hydrogen-bond donors (Lipinski definition) is 7. The van der Waals surface area contributed by atoms with Gasteiger partial charge in [-0.2, -0.15) is 0 Å². The van der Waals surface area contributed by atoms with Crippen LogP contribution in [0.5, 0.6) is 5.88 Å². The lowest BCUT2D eigenvalue weighted by Gasteiger charge is -2.41. The van der Waals surface area contributed by atoms with Gasteiger partial charge in [-0.15, -0.1) is 0 Å². The van der Waals surface area contributed by atoms with Gasteiger partial charge < -0.3 is 42.7 Å². The molecule has 0 spiro atoms. The number of pyridine rings is 1. The fourth-order valence-electron chi connectivity index (χ4n) is 8.39. The summed E-state index contributed by atoms with van der Waals surface area (Å²) >= 11 is 0.